The molecule has 2 N–H and O–H groups in total. The Hall–Kier alpha value is -1.69. The van der Waals surface area contributed by atoms with Gasteiger partial charge < -0.3 is 10.4 Å². The van der Waals surface area contributed by atoms with E-state index in [-0.39, 0.29) is 5.69 Å². The molecule has 0 spiro atoms. The Kier molecular flexibility index (Phi) is 5.09. The summed E-state index contributed by atoms with van der Waals surface area (Å²) in [7, 11) is 0. The Balaban J connectivity index is 1.61. The van der Waals surface area contributed by atoms with Crippen LogP contribution in [0, 0.1) is 0 Å². The molecule has 0 aliphatic heterocycles. The number of rotatable bonds is 7. The van der Waals surface area contributed by atoms with Gasteiger partial charge in [-0.25, -0.2) is 4.79 Å². The van der Waals surface area contributed by atoms with Crippen molar-refractivity contribution in [1.29, 1.82) is 0 Å². The van der Waals surface area contributed by atoms with Crippen molar-refractivity contribution in [2.45, 2.75) is 38.6 Å². The fourth-order valence-corrected chi connectivity index (χ4v) is 2.20. The quantitative estimate of drug-likeness (QED) is 0.575. The van der Waals surface area contributed by atoms with Crippen molar-refractivity contribution in [2.24, 2.45) is 0 Å². The van der Waals surface area contributed by atoms with Gasteiger partial charge in [-0.3, -0.25) is 4.68 Å². The topological polar surface area (TPSA) is 80.0 Å². The van der Waals surface area contributed by atoms with Crippen LogP contribution in [0.25, 0.3) is 0 Å². The van der Waals surface area contributed by atoms with Gasteiger partial charge in [0.2, 0.25) is 0 Å². The van der Waals surface area contributed by atoms with Crippen molar-refractivity contribution in [3.05, 3.63) is 23.5 Å². The molecule has 1 heterocycles. The van der Waals surface area contributed by atoms with E-state index in [1.54, 1.807) is 10.3 Å². The number of nitrogens with zero attached hydrogens (tertiary/aromatic N) is 3. The van der Waals surface area contributed by atoms with E-state index >= 15 is 0 Å². The number of hydrogen-bond donors (Lipinski definition) is 2. The smallest absolute Gasteiger partial charge is 0.358 e. The lowest BCUT2D eigenvalue weighted by Crippen LogP contribution is -2.21. The molecule has 1 aliphatic rings. The number of aromatic carboxylic acids is 1. The van der Waals surface area contributed by atoms with Crippen LogP contribution in [0.5, 0.6) is 0 Å². The average molecular weight is 264 g/mol. The van der Waals surface area contributed by atoms with Crippen LogP contribution in [0.1, 0.15) is 42.6 Å². The number of allylic oxidation sites excluding steroid dienone is 1. The van der Waals surface area contributed by atoms with Gasteiger partial charge in [0.1, 0.15) is 0 Å². The average Bonchev–Trinajstić information content (AvgIpc) is 2.89. The normalized spacial score (nSPS) is 15.3. The van der Waals surface area contributed by atoms with E-state index in [0.717, 1.165) is 19.5 Å². The van der Waals surface area contributed by atoms with Gasteiger partial charge in [0, 0.05) is 6.54 Å². The molecule has 0 amide bonds. The second-order valence-corrected chi connectivity index (χ2v) is 4.78. The number of hydrogen-bond acceptors (Lipinski definition) is 4. The highest BCUT2D eigenvalue weighted by Gasteiger charge is 2.07. The maximum atomic E-state index is 10.6. The van der Waals surface area contributed by atoms with Crippen LogP contribution >= 0.6 is 0 Å². The minimum atomic E-state index is -1.04. The Morgan fingerprint density at radius 1 is 1.42 bits per heavy atom. The molecule has 0 aromatic carbocycles. The van der Waals surface area contributed by atoms with Crippen LogP contribution in [0.3, 0.4) is 0 Å². The summed E-state index contributed by atoms with van der Waals surface area (Å²) in [6.45, 7) is 2.38. The third-order valence-corrected chi connectivity index (χ3v) is 3.28. The van der Waals surface area contributed by atoms with Crippen molar-refractivity contribution in [3.8, 4) is 0 Å². The van der Waals surface area contributed by atoms with Gasteiger partial charge in [0.15, 0.2) is 5.69 Å². The van der Waals surface area contributed by atoms with Gasteiger partial charge in [-0.05, 0) is 38.6 Å². The standard InChI is InChI=1S/C13H20N4O2/c18-13(19)12-10-17(16-15-12)9-8-14-7-6-11-4-2-1-3-5-11/h4,10,14H,1-3,5-9H2,(H,18,19). The number of nitrogens with one attached hydrogen (secondary N) is 1. The van der Waals surface area contributed by atoms with Crippen molar-refractivity contribution in [3.63, 3.8) is 0 Å². The van der Waals surface area contributed by atoms with Gasteiger partial charge in [0.25, 0.3) is 0 Å². The molecule has 0 atom stereocenters. The second kappa shape index (κ2) is 7.04. The summed E-state index contributed by atoms with van der Waals surface area (Å²) < 4.78 is 1.55. The molecule has 0 saturated carbocycles. The molecule has 104 valence electrons. The summed E-state index contributed by atoms with van der Waals surface area (Å²) in [5, 5.41) is 19.4. The SMILES string of the molecule is O=C(O)c1cn(CCNCCC2=CCCCC2)nn1. The van der Waals surface area contributed by atoms with Gasteiger partial charge >= 0.3 is 5.97 Å². The monoisotopic (exact) mass is 264 g/mol. The molecule has 2 rings (SSSR count). The zero-order chi connectivity index (χ0) is 13.5. The first-order valence-electron chi connectivity index (χ1n) is 6.78. The number of carbonyl (C=O) groups is 1. The van der Waals surface area contributed by atoms with Crippen LogP contribution in [0.15, 0.2) is 17.8 Å². The van der Waals surface area contributed by atoms with Crippen LogP contribution < -0.4 is 5.32 Å². The third-order valence-electron chi connectivity index (χ3n) is 3.28. The number of carboxylic acids is 1. The molecule has 19 heavy (non-hydrogen) atoms. The molecule has 0 saturated heterocycles. The fourth-order valence-electron chi connectivity index (χ4n) is 2.20. The summed E-state index contributed by atoms with van der Waals surface area (Å²) in [5.41, 5.74) is 1.56. The van der Waals surface area contributed by atoms with E-state index < -0.39 is 5.97 Å². The molecule has 0 unspecified atom stereocenters. The molecular weight excluding hydrogens is 244 g/mol. The van der Waals surface area contributed by atoms with E-state index in [9.17, 15) is 4.79 Å². The summed E-state index contributed by atoms with van der Waals surface area (Å²) >= 11 is 0. The van der Waals surface area contributed by atoms with Crippen LogP contribution in [0.2, 0.25) is 0 Å². The predicted molar refractivity (Wildman–Crippen MR) is 71.0 cm³/mol. The van der Waals surface area contributed by atoms with Crippen molar-refractivity contribution in [2.75, 3.05) is 13.1 Å². The van der Waals surface area contributed by atoms with Gasteiger partial charge in [-0.1, -0.05) is 16.9 Å². The Labute approximate surface area is 112 Å². The highest BCUT2D eigenvalue weighted by Crippen LogP contribution is 2.19. The highest BCUT2D eigenvalue weighted by molar-refractivity contribution is 5.84. The zero-order valence-electron chi connectivity index (χ0n) is 11.0. The number of carboxylic acid groups (broad SMARTS) is 1. The maximum absolute atomic E-state index is 10.6. The highest BCUT2D eigenvalue weighted by atomic mass is 16.4. The summed E-state index contributed by atoms with van der Waals surface area (Å²) in [5.74, 6) is -1.04. The fraction of sp³-hybridized carbons (Fsp3) is 0.615. The predicted octanol–water partition coefficient (Wildman–Crippen LogP) is 1.46. The van der Waals surface area contributed by atoms with Crippen LogP contribution in [-0.2, 0) is 6.54 Å². The minimum absolute atomic E-state index is 0.00707. The van der Waals surface area contributed by atoms with Gasteiger partial charge in [-0.2, -0.15) is 0 Å². The maximum Gasteiger partial charge on any atom is 0.358 e. The van der Waals surface area contributed by atoms with Crippen molar-refractivity contribution in [1.82, 2.24) is 20.3 Å². The first-order chi connectivity index (χ1) is 9.25. The summed E-state index contributed by atoms with van der Waals surface area (Å²) in [6, 6.07) is 0. The molecular formula is C13H20N4O2. The number of aromatic nitrogens is 3. The van der Waals surface area contributed by atoms with Gasteiger partial charge in [0.05, 0.1) is 12.7 Å². The van der Waals surface area contributed by atoms with Crippen molar-refractivity contribution >= 4 is 5.97 Å². The lowest BCUT2D eigenvalue weighted by Gasteiger charge is -2.12. The van der Waals surface area contributed by atoms with E-state index in [1.807, 2.05) is 0 Å². The van der Waals surface area contributed by atoms with E-state index in [4.69, 9.17) is 5.11 Å². The van der Waals surface area contributed by atoms with E-state index in [2.05, 4.69) is 21.7 Å². The van der Waals surface area contributed by atoms with Crippen LogP contribution in [0.4, 0.5) is 0 Å². The van der Waals surface area contributed by atoms with Gasteiger partial charge in [-0.15, -0.1) is 5.10 Å². The summed E-state index contributed by atoms with van der Waals surface area (Å²) in [4.78, 5) is 10.6. The summed E-state index contributed by atoms with van der Waals surface area (Å²) in [6.07, 6.45) is 10.0. The third kappa shape index (κ3) is 4.48. The molecule has 1 aliphatic carbocycles. The molecule has 0 bridgehead atoms. The minimum Gasteiger partial charge on any atom is -0.476 e. The van der Waals surface area contributed by atoms with E-state index in [1.165, 1.54) is 31.9 Å². The molecule has 0 fully saturated rings. The first kappa shape index (κ1) is 13.7. The lowest BCUT2D eigenvalue weighted by molar-refractivity contribution is 0.0690. The molecule has 6 nitrogen and oxygen atoms in total. The largest absolute Gasteiger partial charge is 0.476 e. The Morgan fingerprint density at radius 3 is 3.00 bits per heavy atom. The molecule has 6 heteroatoms. The first-order valence-corrected chi connectivity index (χ1v) is 6.78. The zero-order valence-corrected chi connectivity index (χ0v) is 11.0. The van der Waals surface area contributed by atoms with Crippen molar-refractivity contribution < 1.29 is 9.90 Å². The Morgan fingerprint density at radius 2 is 2.32 bits per heavy atom. The second-order valence-electron chi connectivity index (χ2n) is 4.78. The molecule has 1 aromatic rings. The Bertz CT molecular complexity index is 453. The van der Waals surface area contributed by atoms with Crippen LogP contribution in [-0.4, -0.2) is 39.2 Å². The lowest BCUT2D eigenvalue weighted by atomic mass is 9.97. The molecule has 0 radical (unpaired) electrons. The van der Waals surface area contributed by atoms with E-state index in [0.29, 0.717) is 6.54 Å². The molecule has 1 aromatic heterocycles.